The molecule has 27 heavy (non-hydrogen) atoms. The van der Waals surface area contributed by atoms with E-state index in [4.69, 9.17) is 9.72 Å². The van der Waals surface area contributed by atoms with E-state index in [0.717, 1.165) is 27.9 Å². The van der Waals surface area contributed by atoms with Crippen LogP contribution in [0.15, 0.2) is 42.1 Å². The molecule has 1 fully saturated rings. The molecule has 1 N–H and O–H groups in total. The Morgan fingerprint density at radius 2 is 2.15 bits per heavy atom. The molecular formula is C23H28N2OS. The highest BCUT2D eigenvalue weighted by atomic mass is 32.1. The third-order valence-corrected chi connectivity index (χ3v) is 6.67. The number of nitrogens with one attached hydrogen (secondary N) is 1. The van der Waals surface area contributed by atoms with Gasteiger partial charge in [0.2, 0.25) is 0 Å². The minimum atomic E-state index is 0.155. The average Bonchev–Trinajstić information content (AvgIpc) is 3.32. The zero-order chi connectivity index (χ0) is 19.0. The molecule has 1 heterocycles. The van der Waals surface area contributed by atoms with Crippen molar-refractivity contribution in [1.29, 1.82) is 0 Å². The van der Waals surface area contributed by atoms with Crippen molar-refractivity contribution in [2.75, 3.05) is 12.4 Å². The summed E-state index contributed by atoms with van der Waals surface area (Å²) in [4.78, 5) is 6.04. The van der Waals surface area contributed by atoms with E-state index in [1.807, 2.05) is 27.0 Å². The minimum absolute atomic E-state index is 0.155. The monoisotopic (exact) mass is 380 g/mol. The number of benzene rings is 1. The quantitative estimate of drug-likeness (QED) is 0.652. The van der Waals surface area contributed by atoms with E-state index >= 15 is 0 Å². The average molecular weight is 381 g/mol. The summed E-state index contributed by atoms with van der Waals surface area (Å²) in [6.45, 7) is 6.44. The van der Waals surface area contributed by atoms with E-state index in [1.54, 1.807) is 16.9 Å². The smallest absolute Gasteiger partial charge is 0.142 e. The fraction of sp³-hybridized carbons (Fsp3) is 0.435. The molecule has 0 amide bonds. The number of allylic oxidation sites excluding steroid dienone is 4. The van der Waals surface area contributed by atoms with Gasteiger partial charge in [-0.15, -0.1) is 11.3 Å². The molecule has 2 atom stereocenters. The van der Waals surface area contributed by atoms with Gasteiger partial charge in [-0.3, -0.25) is 0 Å². The van der Waals surface area contributed by atoms with E-state index < -0.39 is 0 Å². The maximum Gasteiger partial charge on any atom is 0.142 e. The van der Waals surface area contributed by atoms with Gasteiger partial charge in [-0.05, 0) is 68.7 Å². The fourth-order valence-corrected chi connectivity index (χ4v) is 5.24. The second-order valence-corrected chi connectivity index (χ2v) is 8.84. The Morgan fingerprint density at radius 3 is 2.93 bits per heavy atom. The predicted octanol–water partition coefficient (Wildman–Crippen LogP) is 6.40. The van der Waals surface area contributed by atoms with Crippen LogP contribution in [0.2, 0.25) is 0 Å². The SMILES string of the molecule is CNc1cc(-c2ncc(C3=C4CCCC4[C@H](C)C=C3)s2)ccc1OC(C)C. The van der Waals surface area contributed by atoms with Crippen LogP contribution in [0, 0.1) is 11.8 Å². The first-order valence-electron chi connectivity index (χ1n) is 9.93. The van der Waals surface area contributed by atoms with Gasteiger partial charge < -0.3 is 10.1 Å². The van der Waals surface area contributed by atoms with Crippen molar-refractivity contribution in [2.24, 2.45) is 11.8 Å². The standard InChI is InChI=1S/C23H28N2OS/c1-14(2)26-21-11-9-16(12-20(21)24-4)23-25-13-22(27-23)19-10-8-15(3)17-6-5-7-18(17)19/h8-15,17,24H,5-7H2,1-4H3/t15-,17?/m1/s1. The van der Waals surface area contributed by atoms with Crippen molar-refractivity contribution in [1.82, 2.24) is 4.98 Å². The van der Waals surface area contributed by atoms with Crippen molar-refractivity contribution in [3.05, 3.63) is 47.0 Å². The van der Waals surface area contributed by atoms with Crippen molar-refractivity contribution < 1.29 is 4.74 Å². The van der Waals surface area contributed by atoms with Gasteiger partial charge in [0.25, 0.3) is 0 Å². The Labute approximate surface area is 166 Å². The summed E-state index contributed by atoms with van der Waals surface area (Å²) in [7, 11) is 1.93. The van der Waals surface area contributed by atoms with Crippen LogP contribution in [0.1, 0.15) is 44.9 Å². The van der Waals surface area contributed by atoms with Crippen LogP contribution in [-0.2, 0) is 0 Å². The van der Waals surface area contributed by atoms with Crippen LogP contribution < -0.4 is 10.1 Å². The lowest BCUT2D eigenvalue weighted by Gasteiger charge is -2.24. The number of nitrogens with zero attached hydrogens (tertiary/aromatic N) is 1. The Bertz CT molecular complexity index is 894. The largest absolute Gasteiger partial charge is 0.489 e. The summed E-state index contributed by atoms with van der Waals surface area (Å²) < 4.78 is 5.89. The van der Waals surface area contributed by atoms with Gasteiger partial charge in [0, 0.05) is 18.8 Å². The molecule has 1 aromatic carbocycles. The summed E-state index contributed by atoms with van der Waals surface area (Å²) >= 11 is 1.79. The number of hydrogen-bond acceptors (Lipinski definition) is 4. The first kappa shape index (κ1) is 18.3. The molecule has 1 unspecified atom stereocenters. The normalized spacial score (nSPS) is 21.7. The van der Waals surface area contributed by atoms with Gasteiger partial charge >= 0.3 is 0 Å². The van der Waals surface area contributed by atoms with Gasteiger partial charge in [0.1, 0.15) is 10.8 Å². The molecule has 2 aliphatic rings. The molecular weight excluding hydrogens is 352 g/mol. The number of fused-ring (bicyclic) bond motifs is 1. The number of thiazole rings is 1. The third kappa shape index (κ3) is 3.55. The summed E-state index contributed by atoms with van der Waals surface area (Å²) in [5.74, 6) is 2.29. The van der Waals surface area contributed by atoms with E-state index in [9.17, 15) is 0 Å². The van der Waals surface area contributed by atoms with Gasteiger partial charge in [-0.25, -0.2) is 4.98 Å². The molecule has 3 nitrogen and oxygen atoms in total. The Kier molecular flexibility index (Phi) is 5.09. The minimum Gasteiger partial charge on any atom is -0.489 e. The van der Waals surface area contributed by atoms with Crippen molar-refractivity contribution in [3.63, 3.8) is 0 Å². The summed E-state index contributed by atoms with van der Waals surface area (Å²) in [5.41, 5.74) is 5.21. The zero-order valence-electron chi connectivity index (χ0n) is 16.6. The van der Waals surface area contributed by atoms with Crippen LogP contribution in [-0.4, -0.2) is 18.1 Å². The van der Waals surface area contributed by atoms with Crippen molar-refractivity contribution in [3.8, 4) is 16.3 Å². The van der Waals surface area contributed by atoms with Crippen LogP contribution in [0.3, 0.4) is 0 Å². The Balaban J connectivity index is 1.65. The van der Waals surface area contributed by atoms with Crippen LogP contribution in [0.5, 0.6) is 5.75 Å². The van der Waals surface area contributed by atoms with Gasteiger partial charge in [0.05, 0.1) is 16.7 Å². The summed E-state index contributed by atoms with van der Waals surface area (Å²) in [6.07, 6.45) is 10.8. The summed E-state index contributed by atoms with van der Waals surface area (Å²) in [5, 5.41) is 4.31. The highest BCUT2D eigenvalue weighted by molar-refractivity contribution is 7.16. The maximum atomic E-state index is 5.89. The van der Waals surface area contributed by atoms with Crippen LogP contribution in [0.25, 0.3) is 16.1 Å². The second-order valence-electron chi connectivity index (χ2n) is 7.81. The van der Waals surface area contributed by atoms with Crippen molar-refractivity contribution in [2.45, 2.75) is 46.1 Å². The van der Waals surface area contributed by atoms with Gasteiger partial charge in [-0.1, -0.05) is 24.6 Å². The molecule has 4 rings (SSSR count). The van der Waals surface area contributed by atoms with Crippen LogP contribution in [0.4, 0.5) is 5.69 Å². The molecule has 1 aromatic heterocycles. The van der Waals surface area contributed by atoms with E-state index in [-0.39, 0.29) is 6.10 Å². The molecule has 4 heteroatoms. The topological polar surface area (TPSA) is 34.2 Å². The molecule has 2 aromatic rings. The first-order valence-corrected chi connectivity index (χ1v) is 10.7. The molecule has 0 bridgehead atoms. The number of rotatable bonds is 5. The maximum absolute atomic E-state index is 5.89. The lowest BCUT2D eigenvalue weighted by atomic mass is 9.82. The number of ether oxygens (including phenoxy) is 1. The molecule has 2 aliphatic carbocycles. The van der Waals surface area contributed by atoms with Crippen LogP contribution >= 0.6 is 11.3 Å². The van der Waals surface area contributed by atoms with Gasteiger partial charge in [0.15, 0.2) is 0 Å². The molecule has 1 saturated carbocycles. The van der Waals surface area contributed by atoms with E-state index in [1.165, 1.54) is 29.7 Å². The lowest BCUT2D eigenvalue weighted by Crippen LogP contribution is -2.11. The molecule has 0 radical (unpaired) electrons. The molecule has 142 valence electrons. The first-order chi connectivity index (χ1) is 13.1. The Morgan fingerprint density at radius 1 is 1.30 bits per heavy atom. The summed E-state index contributed by atoms with van der Waals surface area (Å²) in [6, 6.07) is 6.28. The third-order valence-electron chi connectivity index (χ3n) is 5.59. The highest BCUT2D eigenvalue weighted by Gasteiger charge is 2.30. The number of hydrogen-bond donors (Lipinski definition) is 1. The lowest BCUT2D eigenvalue weighted by molar-refractivity contribution is 0.244. The predicted molar refractivity (Wildman–Crippen MR) is 115 cm³/mol. The van der Waals surface area contributed by atoms with Crippen molar-refractivity contribution >= 4 is 22.6 Å². The molecule has 0 aliphatic heterocycles. The van der Waals surface area contributed by atoms with Gasteiger partial charge in [-0.2, -0.15) is 0 Å². The Hall–Kier alpha value is -2.07. The van der Waals surface area contributed by atoms with E-state index in [0.29, 0.717) is 5.92 Å². The van der Waals surface area contributed by atoms with E-state index in [2.05, 4.69) is 42.7 Å². The number of anilines is 1. The zero-order valence-corrected chi connectivity index (χ0v) is 17.4. The second kappa shape index (κ2) is 7.51. The number of aromatic nitrogens is 1. The molecule has 0 saturated heterocycles. The highest BCUT2D eigenvalue weighted by Crippen LogP contribution is 2.46. The fourth-order valence-electron chi connectivity index (χ4n) is 4.26. The molecule has 0 spiro atoms.